The first kappa shape index (κ1) is 10.7. The number of pyridine rings is 1. The van der Waals surface area contributed by atoms with E-state index in [2.05, 4.69) is 23.3 Å². The van der Waals surface area contributed by atoms with Crippen LogP contribution in [-0.4, -0.2) is 11.0 Å². The van der Waals surface area contributed by atoms with E-state index in [9.17, 15) is 0 Å². The zero-order valence-corrected chi connectivity index (χ0v) is 9.40. The molecule has 4 nitrogen and oxygen atoms in total. The van der Waals surface area contributed by atoms with Gasteiger partial charge in [0, 0.05) is 12.2 Å². The maximum absolute atomic E-state index is 8.86. The third-order valence-electron chi connectivity index (χ3n) is 3.15. The Morgan fingerprint density at radius 2 is 2.38 bits per heavy atom. The lowest BCUT2D eigenvalue weighted by Crippen LogP contribution is -2.17. The molecule has 4 heteroatoms. The minimum atomic E-state index is 0.443. The second kappa shape index (κ2) is 4.40. The molecule has 0 spiro atoms. The van der Waals surface area contributed by atoms with Crippen LogP contribution in [-0.2, 0) is 0 Å². The van der Waals surface area contributed by atoms with E-state index < -0.39 is 0 Å². The molecule has 0 amide bonds. The summed E-state index contributed by atoms with van der Waals surface area (Å²) < 4.78 is 0. The molecule has 2 unspecified atom stereocenters. The average Bonchev–Trinajstić information content (AvgIpc) is 2.67. The fourth-order valence-electron chi connectivity index (χ4n) is 2.22. The lowest BCUT2D eigenvalue weighted by molar-refractivity contribution is 0.602. The van der Waals surface area contributed by atoms with Crippen LogP contribution in [0, 0.1) is 17.2 Å². The van der Waals surface area contributed by atoms with Crippen LogP contribution in [0.3, 0.4) is 0 Å². The van der Waals surface area contributed by atoms with Gasteiger partial charge in [-0.05, 0) is 31.2 Å². The first-order chi connectivity index (χ1) is 7.70. The van der Waals surface area contributed by atoms with Crippen LogP contribution in [0.2, 0.25) is 0 Å². The zero-order chi connectivity index (χ0) is 11.5. The molecule has 1 aliphatic rings. The summed E-state index contributed by atoms with van der Waals surface area (Å²) in [7, 11) is 0. The summed E-state index contributed by atoms with van der Waals surface area (Å²) in [6.45, 7) is 2.25. The van der Waals surface area contributed by atoms with Gasteiger partial charge in [-0.15, -0.1) is 0 Å². The maximum Gasteiger partial charge on any atom is 0.150 e. The quantitative estimate of drug-likeness (QED) is 0.794. The number of hydrogen-bond acceptors (Lipinski definition) is 4. The van der Waals surface area contributed by atoms with Crippen LogP contribution in [0.25, 0.3) is 0 Å². The van der Waals surface area contributed by atoms with Gasteiger partial charge in [-0.25, -0.2) is 4.98 Å². The number of rotatable bonds is 2. The molecule has 0 radical (unpaired) electrons. The van der Waals surface area contributed by atoms with Crippen LogP contribution < -0.4 is 11.1 Å². The number of nitrogens with one attached hydrogen (secondary N) is 1. The van der Waals surface area contributed by atoms with E-state index in [-0.39, 0.29) is 0 Å². The van der Waals surface area contributed by atoms with Gasteiger partial charge >= 0.3 is 0 Å². The number of nitrogen functional groups attached to an aromatic ring is 1. The van der Waals surface area contributed by atoms with E-state index in [0.29, 0.717) is 23.1 Å². The second-order valence-corrected chi connectivity index (χ2v) is 4.49. The van der Waals surface area contributed by atoms with Gasteiger partial charge in [-0.2, -0.15) is 5.26 Å². The first-order valence-electron chi connectivity index (χ1n) is 5.62. The molecule has 1 aromatic rings. The van der Waals surface area contributed by atoms with Crippen molar-refractivity contribution in [2.45, 2.75) is 32.2 Å². The molecule has 3 N–H and O–H groups in total. The summed E-state index contributed by atoms with van der Waals surface area (Å²) in [5.41, 5.74) is 6.81. The average molecular weight is 216 g/mol. The molecule has 2 rings (SSSR count). The molecule has 1 heterocycles. The van der Waals surface area contributed by atoms with Crippen molar-refractivity contribution in [2.24, 2.45) is 5.92 Å². The van der Waals surface area contributed by atoms with Crippen LogP contribution in [0.15, 0.2) is 12.3 Å². The molecule has 16 heavy (non-hydrogen) atoms. The van der Waals surface area contributed by atoms with Gasteiger partial charge in [0.1, 0.15) is 6.07 Å². The van der Waals surface area contributed by atoms with Crippen LogP contribution in [0.1, 0.15) is 31.7 Å². The van der Waals surface area contributed by atoms with E-state index in [0.717, 1.165) is 18.8 Å². The number of aromatic nitrogens is 1. The number of hydrogen-bond donors (Lipinski definition) is 2. The van der Waals surface area contributed by atoms with Crippen molar-refractivity contribution in [3.8, 4) is 6.07 Å². The molecular formula is C12H16N4. The fourth-order valence-corrected chi connectivity index (χ4v) is 2.22. The Balaban J connectivity index is 2.13. The predicted molar refractivity (Wildman–Crippen MR) is 63.8 cm³/mol. The number of nitrogens with two attached hydrogens (primary N) is 1. The van der Waals surface area contributed by atoms with Crippen molar-refractivity contribution >= 4 is 11.5 Å². The highest BCUT2D eigenvalue weighted by molar-refractivity contribution is 5.69. The Bertz CT molecular complexity index is 422. The van der Waals surface area contributed by atoms with Crippen molar-refractivity contribution < 1.29 is 0 Å². The van der Waals surface area contributed by atoms with Crippen molar-refractivity contribution in [1.82, 2.24) is 4.98 Å². The van der Waals surface area contributed by atoms with Crippen molar-refractivity contribution in [2.75, 3.05) is 11.1 Å². The van der Waals surface area contributed by atoms with Crippen LogP contribution >= 0.6 is 0 Å². The normalized spacial score (nSPS) is 24.0. The Kier molecular flexibility index (Phi) is 2.95. The van der Waals surface area contributed by atoms with Crippen molar-refractivity contribution in [1.29, 1.82) is 5.26 Å². The topological polar surface area (TPSA) is 74.7 Å². The van der Waals surface area contributed by atoms with E-state index in [4.69, 9.17) is 11.0 Å². The number of anilines is 2. The molecule has 0 saturated heterocycles. The monoisotopic (exact) mass is 216 g/mol. The van der Waals surface area contributed by atoms with E-state index >= 15 is 0 Å². The van der Waals surface area contributed by atoms with Gasteiger partial charge in [0.05, 0.1) is 11.3 Å². The Hall–Kier alpha value is -1.76. The highest BCUT2D eigenvalue weighted by Crippen LogP contribution is 2.29. The molecule has 1 aromatic heterocycles. The highest BCUT2D eigenvalue weighted by Gasteiger charge is 2.22. The third-order valence-corrected chi connectivity index (χ3v) is 3.15. The summed E-state index contributed by atoms with van der Waals surface area (Å²) in [5.74, 6) is 1.41. The summed E-state index contributed by atoms with van der Waals surface area (Å²) in [6.07, 6.45) is 5.17. The highest BCUT2D eigenvalue weighted by atomic mass is 15.0. The Labute approximate surface area is 95.5 Å². The van der Waals surface area contributed by atoms with Gasteiger partial charge in [0.15, 0.2) is 5.82 Å². The van der Waals surface area contributed by atoms with Crippen LogP contribution in [0.5, 0.6) is 0 Å². The zero-order valence-electron chi connectivity index (χ0n) is 9.40. The van der Waals surface area contributed by atoms with Gasteiger partial charge in [-0.3, -0.25) is 0 Å². The standard InChI is InChI=1S/C12H16N4/c1-8-2-3-10(6-8)16-12-11(14)9(7-13)4-5-15-12/h4-5,8,10H,2-3,6,14H2,1H3,(H,15,16). The van der Waals surface area contributed by atoms with Gasteiger partial charge in [0.2, 0.25) is 0 Å². The molecule has 1 saturated carbocycles. The minimum Gasteiger partial charge on any atom is -0.395 e. The molecule has 84 valence electrons. The van der Waals surface area contributed by atoms with Crippen molar-refractivity contribution in [3.63, 3.8) is 0 Å². The predicted octanol–water partition coefficient (Wildman–Crippen LogP) is 2.14. The molecule has 0 aromatic carbocycles. The maximum atomic E-state index is 8.86. The summed E-state index contributed by atoms with van der Waals surface area (Å²) in [6, 6.07) is 4.14. The molecule has 0 aliphatic heterocycles. The SMILES string of the molecule is CC1CCC(Nc2nccc(C#N)c2N)C1. The number of nitrogens with zero attached hydrogens (tertiary/aromatic N) is 2. The fraction of sp³-hybridized carbons (Fsp3) is 0.500. The van der Waals surface area contributed by atoms with E-state index in [1.54, 1.807) is 12.3 Å². The van der Waals surface area contributed by atoms with Crippen molar-refractivity contribution in [3.05, 3.63) is 17.8 Å². The Morgan fingerprint density at radius 1 is 1.56 bits per heavy atom. The summed E-state index contributed by atoms with van der Waals surface area (Å²) in [5, 5.41) is 12.2. The lowest BCUT2D eigenvalue weighted by atomic mass is 10.1. The summed E-state index contributed by atoms with van der Waals surface area (Å²) >= 11 is 0. The molecule has 0 bridgehead atoms. The lowest BCUT2D eigenvalue weighted by Gasteiger charge is -2.14. The molecular weight excluding hydrogens is 200 g/mol. The largest absolute Gasteiger partial charge is 0.395 e. The Morgan fingerprint density at radius 3 is 3.00 bits per heavy atom. The van der Waals surface area contributed by atoms with Gasteiger partial charge < -0.3 is 11.1 Å². The molecule has 1 aliphatic carbocycles. The first-order valence-corrected chi connectivity index (χ1v) is 5.62. The van der Waals surface area contributed by atoms with E-state index in [1.807, 2.05) is 0 Å². The molecule has 2 atom stereocenters. The van der Waals surface area contributed by atoms with Gasteiger partial charge in [0.25, 0.3) is 0 Å². The van der Waals surface area contributed by atoms with E-state index in [1.165, 1.54) is 6.42 Å². The van der Waals surface area contributed by atoms with Crippen LogP contribution in [0.4, 0.5) is 11.5 Å². The second-order valence-electron chi connectivity index (χ2n) is 4.49. The number of nitriles is 1. The molecule has 1 fully saturated rings. The van der Waals surface area contributed by atoms with Gasteiger partial charge in [-0.1, -0.05) is 6.92 Å². The smallest absolute Gasteiger partial charge is 0.150 e. The minimum absolute atomic E-state index is 0.443. The summed E-state index contributed by atoms with van der Waals surface area (Å²) in [4.78, 5) is 4.19. The third kappa shape index (κ3) is 2.08.